The van der Waals surface area contributed by atoms with Crippen molar-refractivity contribution in [2.24, 2.45) is 0 Å². The average Bonchev–Trinajstić information content (AvgIpc) is 3.63. The number of hydrogen-bond acceptors (Lipinski definition) is 5. The van der Waals surface area contributed by atoms with E-state index >= 15 is 0 Å². The summed E-state index contributed by atoms with van der Waals surface area (Å²) in [6.45, 7) is 2.30. The highest BCUT2D eigenvalue weighted by Crippen LogP contribution is 2.47. The van der Waals surface area contributed by atoms with Crippen LogP contribution in [0.25, 0.3) is 33.1 Å². The van der Waals surface area contributed by atoms with Gasteiger partial charge in [-0.3, -0.25) is 0 Å². The van der Waals surface area contributed by atoms with E-state index in [0.29, 0.717) is 34.9 Å². The molecular formula is C29H25NO4. The van der Waals surface area contributed by atoms with Gasteiger partial charge in [-0.05, 0) is 55.0 Å². The fourth-order valence-corrected chi connectivity index (χ4v) is 4.76. The SMILES string of the molecule is Cc1oc2ccccc2c1-c1cc(C(O)O)c2c(OCc3ccccc3)ccc(C3CC3)c2n1. The van der Waals surface area contributed by atoms with E-state index in [9.17, 15) is 10.2 Å². The number of rotatable bonds is 6. The maximum absolute atomic E-state index is 10.4. The number of hydrogen-bond donors (Lipinski definition) is 2. The normalized spacial score (nSPS) is 13.8. The second kappa shape index (κ2) is 8.28. The minimum atomic E-state index is -1.67. The molecule has 0 saturated heterocycles. The van der Waals surface area contributed by atoms with E-state index in [1.807, 2.05) is 67.6 Å². The maximum Gasteiger partial charge on any atom is 0.179 e. The second-order valence-electron chi connectivity index (χ2n) is 8.92. The van der Waals surface area contributed by atoms with Crippen LogP contribution in [0.15, 0.2) is 77.2 Å². The molecule has 2 aromatic heterocycles. The van der Waals surface area contributed by atoms with Gasteiger partial charge in [0, 0.05) is 16.5 Å². The zero-order valence-electron chi connectivity index (χ0n) is 18.9. The van der Waals surface area contributed by atoms with Crippen molar-refractivity contribution >= 4 is 21.9 Å². The van der Waals surface area contributed by atoms with E-state index in [2.05, 4.69) is 6.07 Å². The largest absolute Gasteiger partial charge is 0.488 e. The number of aliphatic hydroxyl groups excluding tert-OH is 1. The van der Waals surface area contributed by atoms with Crippen molar-refractivity contribution in [1.29, 1.82) is 0 Å². The van der Waals surface area contributed by atoms with Crippen LogP contribution in [0.4, 0.5) is 0 Å². The number of benzene rings is 3. The molecule has 5 nitrogen and oxygen atoms in total. The Balaban J connectivity index is 1.56. The van der Waals surface area contributed by atoms with Gasteiger partial charge in [-0.15, -0.1) is 0 Å². The number of ether oxygens (including phenoxy) is 1. The molecule has 5 heteroatoms. The summed E-state index contributed by atoms with van der Waals surface area (Å²) in [5, 5.41) is 22.5. The third kappa shape index (κ3) is 3.63. The summed E-state index contributed by atoms with van der Waals surface area (Å²) >= 11 is 0. The van der Waals surface area contributed by atoms with Gasteiger partial charge >= 0.3 is 0 Å². The van der Waals surface area contributed by atoms with Crippen molar-refractivity contribution in [3.05, 3.63) is 95.2 Å². The van der Waals surface area contributed by atoms with Crippen LogP contribution in [0.3, 0.4) is 0 Å². The van der Waals surface area contributed by atoms with Gasteiger partial charge in [-0.1, -0.05) is 54.6 Å². The standard InChI is InChI=1S/C29H25NO4/c1-17-26(21-9-5-6-10-24(21)34-17)23-15-22(29(31)32)27-25(33-16-18-7-3-2-4-8-18)14-13-20(19-11-12-19)28(27)30-23/h2-10,13-15,19,29,31-32H,11-12,16H2,1H3. The summed E-state index contributed by atoms with van der Waals surface area (Å²) < 4.78 is 12.2. The summed E-state index contributed by atoms with van der Waals surface area (Å²) in [4.78, 5) is 5.09. The third-order valence-electron chi connectivity index (χ3n) is 6.54. The Morgan fingerprint density at radius 1 is 1.00 bits per heavy atom. The van der Waals surface area contributed by atoms with Crippen LogP contribution in [0.5, 0.6) is 5.75 Å². The molecule has 0 unspecified atom stereocenters. The number of pyridine rings is 1. The predicted molar refractivity (Wildman–Crippen MR) is 132 cm³/mol. The Morgan fingerprint density at radius 2 is 1.76 bits per heavy atom. The topological polar surface area (TPSA) is 75.7 Å². The van der Waals surface area contributed by atoms with Gasteiger partial charge < -0.3 is 19.4 Å². The molecule has 2 N–H and O–H groups in total. The quantitative estimate of drug-likeness (QED) is 0.292. The molecule has 6 rings (SSSR count). The van der Waals surface area contributed by atoms with Gasteiger partial charge in [0.2, 0.25) is 0 Å². The van der Waals surface area contributed by atoms with E-state index < -0.39 is 6.29 Å². The maximum atomic E-state index is 10.4. The monoisotopic (exact) mass is 451 g/mol. The number of aromatic nitrogens is 1. The first-order valence-corrected chi connectivity index (χ1v) is 11.6. The van der Waals surface area contributed by atoms with E-state index in [1.54, 1.807) is 6.07 Å². The van der Waals surface area contributed by atoms with E-state index in [4.69, 9.17) is 14.1 Å². The molecule has 0 radical (unpaired) electrons. The zero-order chi connectivity index (χ0) is 23.2. The molecular weight excluding hydrogens is 426 g/mol. The smallest absolute Gasteiger partial charge is 0.179 e. The molecule has 5 aromatic rings. The predicted octanol–water partition coefficient (Wildman–Crippen LogP) is 6.40. The lowest BCUT2D eigenvalue weighted by Crippen LogP contribution is -2.04. The molecule has 1 aliphatic carbocycles. The third-order valence-corrected chi connectivity index (χ3v) is 6.54. The molecule has 0 aliphatic heterocycles. The minimum Gasteiger partial charge on any atom is -0.488 e. The van der Waals surface area contributed by atoms with Gasteiger partial charge in [0.1, 0.15) is 23.7 Å². The molecule has 3 aromatic carbocycles. The first-order valence-electron chi connectivity index (χ1n) is 11.6. The van der Waals surface area contributed by atoms with E-state index in [1.165, 1.54) is 0 Å². The molecule has 1 aliphatic rings. The first-order chi connectivity index (χ1) is 16.6. The molecule has 0 bridgehead atoms. The summed E-state index contributed by atoms with van der Waals surface area (Å²) in [5.74, 6) is 1.77. The molecule has 1 saturated carbocycles. The highest BCUT2D eigenvalue weighted by Gasteiger charge is 2.29. The van der Waals surface area contributed by atoms with Crippen molar-refractivity contribution in [2.75, 3.05) is 0 Å². The van der Waals surface area contributed by atoms with Crippen LogP contribution in [-0.4, -0.2) is 15.2 Å². The van der Waals surface area contributed by atoms with Crippen LogP contribution in [0, 0.1) is 6.92 Å². The highest BCUT2D eigenvalue weighted by molar-refractivity contribution is 5.98. The van der Waals surface area contributed by atoms with Crippen molar-refractivity contribution in [2.45, 2.75) is 38.6 Å². The molecule has 0 atom stereocenters. The first kappa shape index (κ1) is 20.9. The number of furan rings is 1. The van der Waals surface area contributed by atoms with Gasteiger partial charge in [0.25, 0.3) is 0 Å². The van der Waals surface area contributed by atoms with Crippen LogP contribution < -0.4 is 4.74 Å². The fraction of sp³-hybridized carbons (Fsp3) is 0.207. The van der Waals surface area contributed by atoms with Crippen LogP contribution in [0.2, 0.25) is 0 Å². The van der Waals surface area contributed by atoms with Gasteiger partial charge in [0.15, 0.2) is 6.29 Å². The van der Waals surface area contributed by atoms with Gasteiger partial charge in [0.05, 0.1) is 16.6 Å². The molecule has 0 amide bonds. The zero-order valence-corrected chi connectivity index (χ0v) is 18.9. The highest BCUT2D eigenvalue weighted by atomic mass is 16.5. The lowest BCUT2D eigenvalue weighted by Gasteiger charge is -2.18. The number of aliphatic hydroxyl groups is 2. The van der Waals surface area contributed by atoms with Crippen LogP contribution in [0.1, 0.15) is 47.5 Å². The lowest BCUT2D eigenvalue weighted by molar-refractivity contribution is -0.0414. The molecule has 0 spiro atoms. The Bertz CT molecular complexity index is 1500. The van der Waals surface area contributed by atoms with Gasteiger partial charge in [-0.2, -0.15) is 0 Å². The summed E-state index contributed by atoms with van der Waals surface area (Å²) in [6.07, 6.45) is 0.544. The molecule has 170 valence electrons. The summed E-state index contributed by atoms with van der Waals surface area (Å²) in [5.41, 5.74) is 5.63. The molecule has 1 fully saturated rings. The van der Waals surface area contributed by atoms with Crippen molar-refractivity contribution in [3.8, 4) is 17.0 Å². The minimum absolute atomic E-state index is 0.382. The summed E-state index contributed by atoms with van der Waals surface area (Å²) in [6, 6.07) is 23.5. The number of nitrogens with zero attached hydrogens (tertiary/aromatic N) is 1. The Morgan fingerprint density at radius 3 is 2.53 bits per heavy atom. The van der Waals surface area contributed by atoms with E-state index in [0.717, 1.165) is 51.8 Å². The molecule has 34 heavy (non-hydrogen) atoms. The lowest BCUT2D eigenvalue weighted by atomic mass is 9.97. The summed E-state index contributed by atoms with van der Waals surface area (Å²) in [7, 11) is 0. The van der Waals surface area contributed by atoms with Crippen LogP contribution >= 0.6 is 0 Å². The molecule has 2 heterocycles. The number of para-hydroxylation sites is 1. The van der Waals surface area contributed by atoms with Crippen molar-refractivity contribution < 1.29 is 19.4 Å². The number of fused-ring (bicyclic) bond motifs is 2. The Hall–Kier alpha value is -3.67. The van der Waals surface area contributed by atoms with Gasteiger partial charge in [-0.25, -0.2) is 4.98 Å². The van der Waals surface area contributed by atoms with Crippen LogP contribution in [-0.2, 0) is 6.61 Å². The fourth-order valence-electron chi connectivity index (χ4n) is 4.76. The second-order valence-corrected chi connectivity index (χ2v) is 8.92. The van der Waals surface area contributed by atoms with Crippen molar-refractivity contribution in [1.82, 2.24) is 4.98 Å². The number of aryl methyl sites for hydroxylation is 1. The average molecular weight is 452 g/mol. The van der Waals surface area contributed by atoms with Crippen molar-refractivity contribution in [3.63, 3.8) is 0 Å². The van der Waals surface area contributed by atoms with E-state index in [-0.39, 0.29) is 0 Å². The Kier molecular flexibility index (Phi) is 5.09. The Labute approximate surface area is 197 Å².